The highest BCUT2D eigenvalue weighted by molar-refractivity contribution is 7.91. The maximum Gasteiger partial charge on any atom is 0.289 e. The second kappa shape index (κ2) is 4.76. The van der Waals surface area contributed by atoms with Gasteiger partial charge in [-0.15, -0.1) is 0 Å². The van der Waals surface area contributed by atoms with Crippen LogP contribution >= 0.6 is 0 Å². The van der Waals surface area contributed by atoms with E-state index in [1.807, 2.05) is 13.8 Å². The molecule has 6 heteroatoms. The van der Waals surface area contributed by atoms with E-state index in [0.717, 1.165) is 5.56 Å². The molecule has 0 bridgehead atoms. The smallest absolute Gasteiger partial charge is 0.289 e. The molecule has 0 radical (unpaired) electrons. The molecule has 1 aromatic heterocycles. The monoisotopic (exact) mass is 271 g/mol. The minimum atomic E-state index is -2.99. The molecule has 5 nitrogen and oxygen atoms in total. The summed E-state index contributed by atoms with van der Waals surface area (Å²) in [5.41, 5.74) is 0.883. The summed E-state index contributed by atoms with van der Waals surface area (Å²) in [5, 5.41) is 0. The molecular formula is C12H17NO4S. The van der Waals surface area contributed by atoms with Gasteiger partial charge < -0.3 is 9.32 Å². The third-order valence-electron chi connectivity index (χ3n) is 3.19. The number of aryl methyl sites for hydroxylation is 1. The second-order valence-corrected chi connectivity index (χ2v) is 6.87. The lowest BCUT2D eigenvalue weighted by Crippen LogP contribution is -2.40. The Morgan fingerprint density at radius 1 is 1.56 bits per heavy atom. The molecular weight excluding hydrogens is 254 g/mol. The minimum Gasteiger partial charge on any atom is -0.459 e. The number of sulfone groups is 1. The van der Waals surface area contributed by atoms with E-state index in [9.17, 15) is 13.2 Å². The first-order chi connectivity index (χ1) is 8.43. The van der Waals surface area contributed by atoms with Crippen LogP contribution in [0.15, 0.2) is 16.7 Å². The molecule has 0 spiro atoms. The van der Waals surface area contributed by atoms with Crippen LogP contribution in [0.3, 0.4) is 0 Å². The number of carbonyl (C=O) groups is 1. The summed E-state index contributed by atoms with van der Waals surface area (Å²) in [7, 11) is -2.99. The van der Waals surface area contributed by atoms with Crippen LogP contribution in [0.2, 0.25) is 0 Å². The summed E-state index contributed by atoms with van der Waals surface area (Å²) in [4.78, 5) is 13.8. The number of amides is 1. The van der Waals surface area contributed by atoms with E-state index in [-0.39, 0.29) is 29.2 Å². The van der Waals surface area contributed by atoms with Crippen molar-refractivity contribution in [1.82, 2.24) is 4.90 Å². The van der Waals surface area contributed by atoms with Crippen molar-refractivity contribution in [2.75, 3.05) is 18.1 Å². The van der Waals surface area contributed by atoms with Gasteiger partial charge in [-0.2, -0.15) is 0 Å². The molecule has 2 rings (SSSR count). The van der Waals surface area contributed by atoms with Crippen molar-refractivity contribution in [3.05, 3.63) is 23.7 Å². The van der Waals surface area contributed by atoms with Crippen molar-refractivity contribution in [3.63, 3.8) is 0 Å². The zero-order valence-electron chi connectivity index (χ0n) is 10.5. The first kappa shape index (κ1) is 13.1. The maximum absolute atomic E-state index is 12.2. The van der Waals surface area contributed by atoms with E-state index >= 15 is 0 Å². The topological polar surface area (TPSA) is 67.6 Å². The fourth-order valence-electron chi connectivity index (χ4n) is 2.27. The lowest BCUT2D eigenvalue weighted by Gasteiger charge is -2.25. The van der Waals surface area contributed by atoms with Gasteiger partial charge in [-0.1, -0.05) is 0 Å². The molecule has 1 aromatic rings. The molecule has 0 N–H and O–H groups in total. The average molecular weight is 271 g/mol. The van der Waals surface area contributed by atoms with Crippen molar-refractivity contribution in [1.29, 1.82) is 0 Å². The molecule has 0 aliphatic carbocycles. The largest absolute Gasteiger partial charge is 0.459 e. The fraction of sp³-hybridized carbons (Fsp3) is 0.583. The van der Waals surface area contributed by atoms with Crippen LogP contribution in [-0.2, 0) is 9.84 Å². The molecule has 1 saturated heterocycles. The normalized spacial score (nSPS) is 22.0. The molecule has 1 aliphatic rings. The van der Waals surface area contributed by atoms with E-state index in [2.05, 4.69) is 0 Å². The van der Waals surface area contributed by atoms with Crippen LogP contribution in [0, 0.1) is 6.92 Å². The number of rotatable bonds is 3. The Balaban J connectivity index is 2.17. The number of carbonyl (C=O) groups excluding carboxylic acids is 1. The van der Waals surface area contributed by atoms with Crippen LogP contribution in [0.25, 0.3) is 0 Å². The van der Waals surface area contributed by atoms with Gasteiger partial charge in [0.15, 0.2) is 15.6 Å². The zero-order chi connectivity index (χ0) is 13.3. The van der Waals surface area contributed by atoms with Gasteiger partial charge in [0.05, 0.1) is 17.8 Å². The molecule has 2 heterocycles. The van der Waals surface area contributed by atoms with Gasteiger partial charge in [0.2, 0.25) is 0 Å². The quantitative estimate of drug-likeness (QED) is 0.829. The Morgan fingerprint density at radius 3 is 2.72 bits per heavy atom. The predicted molar refractivity (Wildman–Crippen MR) is 67.2 cm³/mol. The van der Waals surface area contributed by atoms with Crippen LogP contribution < -0.4 is 0 Å². The van der Waals surface area contributed by atoms with E-state index in [4.69, 9.17) is 4.42 Å². The molecule has 100 valence electrons. The average Bonchev–Trinajstić information content (AvgIpc) is 2.86. The van der Waals surface area contributed by atoms with Crippen molar-refractivity contribution < 1.29 is 17.6 Å². The Labute approximate surface area is 107 Å². The Bertz CT molecular complexity index is 546. The Morgan fingerprint density at radius 2 is 2.28 bits per heavy atom. The van der Waals surface area contributed by atoms with Gasteiger partial charge in [-0.3, -0.25) is 4.79 Å². The summed E-state index contributed by atoms with van der Waals surface area (Å²) < 4.78 is 28.1. The lowest BCUT2D eigenvalue weighted by atomic mass is 10.2. The van der Waals surface area contributed by atoms with Gasteiger partial charge in [0, 0.05) is 12.6 Å². The summed E-state index contributed by atoms with van der Waals surface area (Å²) in [6, 6.07) is 1.45. The molecule has 18 heavy (non-hydrogen) atoms. The highest BCUT2D eigenvalue weighted by atomic mass is 32.2. The van der Waals surface area contributed by atoms with Crippen LogP contribution in [0.4, 0.5) is 0 Å². The molecule has 1 amide bonds. The van der Waals surface area contributed by atoms with Crippen LogP contribution in [0.5, 0.6) is 0 Å². The van der Waals surface area contributed by atoms with E-state index in [1.54, 1.807) is 11.0 Å². The molecule has 0 aromatic carbocycles. The van der Waals surface area contributed by atoms with Gasteiger partial charge in [0.25, 0.3) is 5.91 Å². The maximum atomic E-state index is 12.2. The minimum absolute atomic E-state index is 0.0618. The molecule has 0 saturated carbocycles. The van der Waals surface area contributed by atoms with Gasteiger partial charge in [-0.25, -0.2) is 8.42 Å². The number of furan rings is 1. The van der Waals surface area contributed by atoms with Crippen molar-refractivity contribution in [2.45, 2.75) is 26.3 Å². The van der Waals surface area contributed by atoms with Gasteiger partial charge >= 0.3 is 0 Å². The highest BCUT2D eigenvalue weighted by Crippen LogP contribution is 2.20. The molecule has 1 atom stereocenters. The fourth-order valence-corrected chi connectivity index (χ4v) is 4.00. The predicted octanol–water partition coefficient (Wildman–Crippen LogP) is 1.24. The SMILES string of the molecule is CCN(C(=O)c1cc(C)co1)C1CCS(=O)(=O)C1. The van der Waals surface area contributed by atoms with Crippen molar-refractivity contribution in [2.24, 2.45) is 0 Å². The van der Waals surface area contributed by atoms with Gasteiger partial charge in [-0.05, 0) is 31.9 Å². The summed E-state index contributed by atoms with van der Waals surface area (Å²) in [5.74, 6) is 0.275. The summed E-state index contributed by atoms with van der Waals surface area (Å²) >= 11 is 0. The highest BCUT2D eigenvalue weighted by Gasteiger charge is 2.34. The third-order valence-corrected chi connectivity index (χ3v) is 4.94. The molecule has 1 unspecified atom stereocenters. The van der Waals surface area contributed by atoms with E-state index in [1.165, 1.54) is 6.26 Å². The van der Waals surface area contributed by atoms with E-state index < -0.39 is 9.84 Å². The van der Waals surface area contributed by atoms with Gasteiger partial charge in [0.1, 0.15) is 0 Å². The standard InChI is InChI=1S/C12H17NO4S/c1-3-13(10-4-5-18(15,16)8-10)12(14)11-6-9(2)7-17-11/h6-7,10H,3-5,8H2,1-2H3. The van der Waals surface area contributed by atoms with Crippen LogP contribution in [-0.4, -0.2) is 43.3 Å². The third kappa shape index (κ3) is 2.58. The second-order valence-electron chi connectivity index (χ2n) is 4.64. The Hall–Kier alpha value is -1.30. The van der Waals surface area contributed by atoms with Crippen LogP contribution in [0.1, 0.15) is 29.5 Å². The number of hydrogen-bond donors (Lipinski definition) is 0. The Kier molecular flexibility index (Phi) is 3.47. The lowest BCUT2D eigenvalue weighted by molar-refractivity contribution is 0.0676. The van der Waals surface area contributed by atoms with Crippen molar-refractivity contribution >= 4 is 15.7 Å². The molecule has 1 aliphatic heterocycles. The number of nitrogens with zero attached hydrogens (tertiary/aromatic N) is 1. The summed E-state index contributed by atoms with van der Waals surface area (Å²) in [6.45, 7) is 4.17. The van der Waals surface area contributed by atoms with Crippen molar-refractivity contribution in [3.8, 4) is 0 Å². The summed E-state index contributed by atoms with van der Waals surface area (Å²) in [6.07, 6.45) is 2.04. The van der Waals surface area contributed by atoms with E-state index in [0.29, 0.717) is 13.0 Å². The molecule has 1 fully saturated rings. The number of hydrogen-bond acceptors (Lipinski definition) is 4. The zero-order valence-corrected chi connectivity index (χ0v) is 11.4. The first-order valence-electron chi connectivity index (χ1n) is 5.99. The first-order valence-corrected chi connectivity index (χ1v) is 7.81.